The highest BCUT2D eigenvalue weighted by Crippen LogP contribution is 2.39. The lowest BCUT2D eigenvalue weighted by Crippen LogP contribution is -2.29. The van der Waals surface area contributed by atoms with Crippen molar-refractivity contribution in [2.75, 3.05) is 26.2 Å². The van der Waals surface area contributed by atoms with Gasteiger partial charge in [-0.25, -0.2) is 0 Å². The van der Waals surface area contributed by atoms with Crippen LogP contribution in [0.1, 0.15) is 41.8 Å². The van der Waals surface area contributed by atoms with Gasteiger partial charge in [-0.05, 0) is 43.8 Å². The molecule has 0 unspecified atom stereocenters. The van der Waals surface area contributed by atoms with Crippen LogP contribution in [0, 0.1) is 0 Å². The molecule has 4 rings (SSSR count). The monoisotopic (exact) mass is 388 g/mol. The van der Waals surface area contributed by atoms with Crippen LogP contribution in [0.2, 0.25) is 0 Å². The molecule has 1 aliphatic carbocycles. The van der Waals surface area contributed by atoms with Gasteiger partial charge in [-0.2, -0.15) is 5.10 Å². The number of rotatable bonds is 8. The number of benzene rings is 2. The van der Waals surface area contributed by atoms with E-state index in [2.05, 4.69) is 58.5 Å². The summed E-state index contributed by atoms with van der Waals surface area (Å²) in [5.41, 5.74) is 7.62. The molecule has 0 spiro atoms. The minimum absolute atomic E-state index is 0.0178. The van der Waals surface area contributed by atoms with Crippen LogP contribution in [0.3, 0.4) is 0 Å². The van der Waals surface area contributed by atoms with Crippen LogP contribution < -0.4 is 5.32 Å². The van der Waals surface area contributed by atoms with Crippen molar-refractivity contribution >= 4 is 5.91 Å². The zero-order valence-electron chi connectivity index (χ0n) is 17.2. The average Bonchev–Trinajstić information content (AvgIpc) is 3.33. The number of fused-ring (bicyclic) bond motifs is 3. The number of nitrogens with zero attached hydrogens (tertiary/aromatic N) is 2. The molecular weight excluding hydrogens is 360 g/mol. The SMILES string of the molecule is CCN(CC)CCCNC(=O)c1ccc(-c2n[nH]c3c2Cc2ccccc2-3)cc1. The smallest absolute Gasteiger partial charge is 0.251 e. The van der Waals surface area contributed by atoms with E-state index in [0.29, 0.717) is 12.1 Å². The molecule has 0 saturated carbocycles. The van der Waals surface area contributed by atoms with Crippen molar-refractivity contribution in [1.29, 1.82) is 0 Å². The quantitative estimate of drug-likeness (QED) is 0.447. The lowest BCUT2D eigenvalue weighted by Gasteiger charge is -2.17. The normalized spacial score (nSPS) is 12.1. The summed E-state index contributed by atoms with van der Waals surface area (Å²) in [4.78, 5) is 14.8. The third kappa shape index (κ3) is 3.96. The number of amides is 1. The first-order valence-corrected chi connectivity index (χ1v) is 10.5. The van der Waals surface area contributed by atoms with Crippen LogP contribution in [0.5, 0.6) is 0 Å². The minimum Gasteiger partial charge on any atom is -0.352 e. The first-order valence-electron chi connectivity index (χ1n) is 10.5. The number of aromatic amines is 1. The maximum absolute atomic E-state index is 12.4. The molecule has 5 nitrogen and oxygen atoms in total. The van der Waals surface area contributed by atoms with Crippen molar-refractivity contribution in [3.63, 3.8) is 0 Å². The molecule has 150 valence electrons. The molecule has 29 heavy (non-hydrogen) atoms. The van der Waals surface area contributed by atoms with Crippen molar-refractivity contribution in [2.45, 2.75) is 26.7 Å². The lowest BCUT2D eigenvalue weighted by molar-refractivity contribution is 0.0952. The Balaban J connectivity index is 1.39. The third-order valence-electron chi connectivity index (χ3n) is 5.77. The van der Waals surface area contributed by atoms with Crippen molar-refractivity contribution in [1.82, 2.24) is 20.4 Å². The third-order valence-corrected chi connectivity index (χ3v) is 5.77. The molecule has 0 atom stereocenters. The van der Waals surface area contributed by atoms with Crippen LogP contribution >= 0.6 is 0 Å². The predicted octanol–water partition coefficient (Wildman–Crippen LogP) is 4.11. The first kappa shape index (κ1) is 19.4. The van der Waals surface area contributed by atoms with Gasteiger partial charge in [-0.1, -0.05) is 50.2 Å². The van der Waals surface area contributed by atoms with E-state index in [1.807, 2.05) is 24.3 Å². The standard InChI is InChI=1S/C24H28N4O/c1-3-28(4-2)15-7-14-25-24(29)18-12-10-17(11-13-18)22-21-16-19-8-5-6-9-20(19)23(21)27-26-22/h5-6,8-13H,3-4,7,14-16H2,1-2H3,(H,25,29)(H,26,27). The highest BCUT2D eigenvalue weighted by atomic mass is 16.1. The summed E-state index contributed by atoms with van der Waals surface area (Å²) in [6, 6.07) is 16.2. The Morgan fingerprint density at radius 1 is 1.10 bits per heavy atom. The number of H-pyrrole nitrogens is 1. The molecule has 1 amide bonds. The highest BCUT2D eigenvalue weighted by molar-refractivity contribution is 5.94. The molecule has 0 bridgehead atoms. The van der Waals surface area contributed by atoms with Crippen LogP contribution in [0.25, 0.3) is 22.5 Å². The molecule has 0 radical (unpaired) electrons. The lowest BCUT2D eigenvalue weighted by atomic mass is 10.0. The van der Waals surface area contributed by atoms with Gasteiger partial charge in [0.25, 0.3) is 5.91 Å². The summed E-state index contributed by atoms with van der Waals surface area (Å²) in [6.45, 7) is 8.14. The van der Waals surface area contributed by atoms with Gasteiger partial charge in [0, 0.05) is 35.2 Å². The van der Waals surface area contributed by atoms with E-state index in [-0.39, 0.29) is 5.91 Å². The topological polar surface area (TPSA) is 61.0 Å². The number of aromatic nitrogens is 2. The van der Waals surface area contributed by atoms with Crippen LogP contribution in [-0.2, 0) is 6.42 Å². The first-order chi connectivity index (χ1) is 14.2. The zero-order chi connectivity index (χ0) is 20.2. The van der Waals surface area contributed by atoms with Gasteiger partial charge < -0.3 is 10.2 Å². The minimum atomic E-state index is -0.0178. The molecule has 3 aromatic rings. The molecule has 1 aliphatic rings. The summed E-state index contributed by atoms with van der Waals surface area (Å²) >= 11 is 0. The second kappa shape index (κ2) is 8.62. The zero-order valence-corrected chi connectivity index (χ0v) is 17.2. The van der Waals surface area contributed by atoms with E-state index in [9.17, 15) is 4.79 Å². The largest absolute Gasteiger partial charge is 0.352 e. The van der Waals surface area contributed by atoms with E-state index in [1.165, 1.54) is 16.7 Å². The summed E-state index contributed by atoms with van der Waals surface area (Å²) in [7, 11) is 0. The number of carbonyl (C=O) groups is 1. The predicted molar refractivity (Wildman–Crippen MR) is 117 cm³/mol. The maximum Gasteiger partial charge on any atom is 0.251 e. The van der Waals surface area contributed by atoms with Gasteiger partial charge in [0.15, 0.2) is 0 Å². The van der Waals surface area contributed by atoms with Gasteiger partial charge in [0.2, 0.25) is 0 Å². The molecule has 2 N–H and O–H groups in total. The Labute approximate surface area is 172 Å². The van der Waals surface area contributed by atoms with Crippen molar-refractivity contribution in [2.24, 2.45) is 0 Å². The number of carbonyl (C=O) groups excluding carboxylic acids is 1. The Morgan fingerprint density at radius 2 is 1.86 bits per heavy atom. The highest BCUT2D eigenvalue weighted by Gasteiger charge is 2.24. The fourth-order valence-electron chi connectivity index (χ4n) is 4.03. The fourth-order valence-corrected chi connectivity index (χ4v) is 4.03. The van der Waals surface area contributed by atoms with Gasteiger partial charge in [0.1, 0.15) is 0 Å². The van der Waals surface area contributed by atoms with Crippen LogP contribution in [0.4, 0.5) is 0 Å². The van der Waals surface area contributed by atoms with E-state index in [1.54, 1.807) is 0 Å². The van der Waals surface area contributed by atoms with Crippen LogP contribution in [-0.4, -0.2) is 47.2 Å². The van der Waals surface area contributed by atoms with Crippen molar-refractivity contribution in [3.8, 4) is 22.5 Å². The molecule has 0 aliphatic heterocycles. The summed E-state index contributed by atoms with van der Waals surface area (Å²) in [6.07, 6.45) is 1.86. The number of nitrogens with one attached hydrogen (secondary N) is 2. The molecule has 0 saturated heterocycles. The number of hydrogen-bond acceptors (Lipinski definition) is 3. The summed E-state index contributed by atoms with van der Waals surface area (Å²) < 4.78 is 0. The average molecular weight is 389 g/mol. The second-order valence-corrected chi connectivity index (χ2v) is 7.47. The number of hydrogen-bond donors (Lipinski definition) is 2. The van der Waals surface area contributed by atoms with E-state index in [4.69, 9.17) is 0 Å². The Morgan fingerprint density at radius 3 is 2.62 bits per heavy atom. The molecule has 1 heterocycles. The van der Waals surface area contributed by atoms with Crippen molar-refractivity contribution < 1.29 is 4.79 Å². The van der Waals surface area contributed by atoms with Crippen LogP contribution in [0.15, 0.2) is 48.5 Å². The van der Waals surface area contributed by atoms with E-state index in [0.717, 1.165) is 49.4 Å². The molecule has 0 fully saturated rings. The summed E-state index contributed by atoms with van der Waals surface area (Å²) in [5.74, 6) is -0.0178. The van der Waals surface area contributed by atoms with E-state index >= 15 is 0 Å². The Hall–Kier alpha value is -2.92. The Bertz CT molecular complexity index is 986. The van der Waals surface area contributed by atoms with Gasteiger partial charge in [-0.3, -0.25) is 9.89 Å². The van der Waals surface area contributed by atoms with Gasteiger partial charge in [-0.15, -0.1) is 0 Å². The molecular formula is C24H28N4O. The molecule has 2 aromatic carbocycles. The fraction of sp³-hybridized carbons (Fsp3) is 0.333. The van der Waals surface area contributed by atoms with Gasteiger partial charge in [0.05, 0.1) is 11.4 Å². The molecule has 5 heteroatoms. The Kier molecular flexibility index (Phi) is 5.76. The van der Waals surface area contributed by atoms with Crippen molar-refractivity contribution in [3.05, 3.63) is 65.2 Å². The molecule has 1 aromatic heterocycles. The van der Waals surface area contributed by atoms with Gasteiger partial charge >= 0.3 is 0 Å². The second-order valence-electron chi connectivity index (χ2n) is 7.47. The van der Waals surface area contributed by atoms with E-state index < -0.39 is 0 Å². The summed E-state index contributed by atoms with van der Waals surface area (Å²) in [5, 5.41) is 10.8. The maximum atomic E-state index is 12.4.